The molecule has 2 amide bonds. The standard InChI is InChI=1S/C15H18ClN5O2/c1-21(2)13-18-12(23-20-13)9-17-14(22)19-15(7-8-15)10-3-5-11(16)6-4-10/h3-6H,7-9H2,1-2H3,(H2,17,19,22). The van der Waals surface area contributed by atoms with Crippen LogP contribution >= 0.6 is 11.6 Å². The molecule has 1 fully saturated rings. The first-order chi connectivity index (χ1) is 11.0. The first-order valence-corrected chi connectivity index (χ1v) is 7.68. The third-order valence-corrected chi connectivity index (χ3v) is 4.01. The van der Waals surface area contributed by atoms with Crippen LogP contribution in [0.4, 0.5) is 10.7 Å². The van der Waals surface area contributed by atoms with E-state index in [0.717, 1.165) is 18.4 Å². The van der Waals surface area contributed by atoms with Gasteiger partial charge in [0.2, 0.25) is 5.89 Å². The maximum absolute atomic E-state index is 12.1. The summed E-state index contributed by atoms with van der Waals surface area (Å²) in [4.78, 5) is 18.0. The lowest BCUT2D eigenvalue weighted by molar-refractivity contribution is 0.233. The normalized spacial score (nSPS) is 15.1. The van der Waals surface area contributed by atoms with Crippen LogP contribution in [-0.4, -0.2) is 30.3 Å². The van der Waals surface area contributed by atoms with Crippen molar-refractivity contribution in [2.45, 2.75) is 24.9 Å². The van der Waals surface area contributed by atoms with Crippen LogP contribution in [-0.2, 0) is 12.1 Å². The minimum absolute atomic E-state index is 0.184. The van der Waals surface area contributed by atoms with E-state index < -0.39 is 0 Å². The number of benzene rings is 1. The predicted octanol–water partition coefficient (Wildman–Crippen LogP) is 2.28. The van der Waals surface area contributed by atoms with E-state index in [-0.39, 0.29) is 18.1 Å². The highest BCUT2D eigenvalue weighted by molar-refractivity contribution is 6.30. The van der Waals surface area contributed by atoms with Gasteiger partial charge in [0.25, 0.3) is 5.95 Å². The molecule has 0 saturated heterocycles. The van der Waals surface area contributed by atoms with E-state index in [1.807, 2.05) is 38.4 Å². The lowest BCUT2D eigenvalue weighted by Crippen LogP contribution is -2.41. The topological polar surface area (TPSA) is 83.3 Å². The highest BCUT2D eigenvalue weighted by Gasteiger charge is 2.45. The summed E-state index contributed by atoms with van der Waals surface area (Å²) in [5.74, 6) is 0.835. The highest BCUT2D eigenvalue weighted by atomic mass is 35.5. The fourth-order valence-corrected chi connectivity index (χ4v) is 2.42. The average molecular weight is 336 g/mol. The Morgan fingerprint density at radius 3 is 2.61 bits per heavy atom. The Kier molecular flexibility index (Phi) is 4.12. The maximum atomic E-state index is 12.1. The van der Waals surface area contributed by atoms with Gasteiger partial charge in [-0.25, -0.2) is 4.79 Å². The third kappa shape index (κ3) is 3.56. The van der Waals surface area contributed by atoms with E-state index in [1.54, 1.807) is 4.90 Å². The van der Waals surface area contributed by atoms with Gasteiger partial charge in [-0.3, -0.25) is 0 Å². The van der Waals surface area contributed by atoms with Crippen LogP contribution in [0.3, 0.4) is 0 Å². The average Bonchev–Trinajstić information content (AvgIpc) is 3.12. The number of aromatic nitrogens is 2. The second-order valence-corrected chi connectivity index (χ2v) is 6.22. The molecular weight excluding hydrogens is 318 g/mol. The third-order valence-electron chi connectivity index (χ3n) is 3.76. The first-order valence-electron chi connectivity index (χ1n) is 7.30. The molecule has 0 aliphatic heterocycles. The van der Waals surface area contributed by atoms with Gasteiger partial charge < -0.3 is 20.1 Å². The smallest absolute Gasteiger partial charge is 0.315 e. The number of nitrogens with one attached hydrogen (secondary N) is 2. The first kappa shape index (κ1) is 15.6. The largest absolute Gasteiger partial charge is 0.344 e. The van der Waals surface area contributed by atoms with Crippen molar-refractivity contribution < 1.29 is 9.32 Å². The quantitative estimate of drug-likeness (QED) is 0.875. The monoisotopic (exact) mass is 335 g/mol. The van der Waals surface area contributed by atoms with Gasteiger partial charge in [-0.2, -0.15) is 4.98 Å². The van der Waals surface area contributed by atoms with Crippen molar-refractivity contribution in [2.24, 2.45) is 0 Å². The number of nitrogens with zero attached hydrogens (tertiary/aromatic N) is 3. The molecule has 1 aliphatic carbocycles. The molecule has 3 rings (SSSR count). The SMILES string of the molecule is CN(C)c1noc(CNC(=O)NC2(c3ccc(Cl)cc3)CC2)n1. The van der Waals surface area contributed by atoms with Gasteiger partial charge in [0.05, 0.1) is 12.1 Å². The Balaban J connectivity index is 1.55. The summed E-state index contributed by atoms with van der Waals surface area (Å²) in [5.41, 5.74) is 0.767. The van der Waals surface area contributed by atoms with Gasteiger partial charge in [0, 0.05) is 19.1 Å². The molecule has 1 heterocycles. The van der Waals surface area contributed by atoms with E-state index in [1.165, 1.54) is 0 Å². The number of amides is 2. The molecule has 2 aromatic rings. The molecule has 1 aromatic carbocycles. The molecule has 122 valence electrons. The van der Waals surface area contributed by atoms with E-state index in [9.17, 15) is 4.79 Å². The summed E-state index contributed by atoms with van der Waals surface area (Å²) in [7, 11) is 3.63. The van der Waals surface area contributed by atoms with Crippen molar-refractivity contribution in [3.63, 3.8) is 0 Å². The molecule has 2 N–H and O–H groups in total. The summed E-state index contributed by atoms with van der Waals surface area (Å²) < 4.78 is 5.06. The molecule has 0 unspecified atom stereocenters. The fourth-order valence-electron chi connectivity index (χ4n) is 2.30. The second kappa shape index (κ2) is 6.08. The number of anilines is 1. The van der Waals surface area contributed by atoms with Gasteiger partial charge >= 0.3 is 6.03 Å². The van der Waals surface area contributed by atoms with Crippen molar-refractivity contribution in [2.75, 3.05) is 19.0 Å². The van der Waals surface area contributed by atoms with Gasteiger partial charge in [-0.15, -0.1) is 0 Å². The van der Waals surface area contributed by atoms with Gasteiger partial charge in [-0.05, 0) is 35.7 Å². The molecule has 23 heavy (non-hydrogen) atoms. The van der Waals surface area contributed by atoms with Gasteiger partial charge in [-0.1, -0.05) is 23.7 Å². The van der Waals surface area contributed by atoms with Crippen LogP contribution in [0.5, 0.6) is 0 Å². The summed E-state index contributed by atoms with van der Waals surface area (Å²) in [6, 6.07) is 7.28. The Labute approximate surface area is 139 Å². The number of carbonyl (C=O) groups is 1. The molecule has 7 nitrogen and oxygen atoms in total. The van der Waals surface area contributed by atoms with Gasteiger partial charge in [0.15, 0.2) is 0 Å². The lowest BCUT2D eigenvalue weighted by Gasteiger charge is -2.18. The fraction of sp³-hybridized carbons (Fsp3) is 0.400. The van der Waals surface area contributed by atoms with E-state index in [0.29, 0.717) is 16.9 Å². The summed E-state index contributed by atoms with van der Waals surface area (Å²) in [6.45, 7) is 0.184. The zero-order valence-corrected chi connectivity index (χ0v) is 13.7. The zero-order valence-electron chi connectivity index (χ0n) is 13.0. The predicted molar refractivity (Wildman–Crippen MR) is 86.4 cm³/mol. The molecule has 8 heteroatoms. The van der Waals surface area contributed by atoms with E-state index in [4.69, 9.17) is 16.1 Å². The molecule has 1 saturated carbocycles. The van der Waals surface area contributed by atoms with Gasteiger partial charge in [0.1, 0.15) is 0 Å². The molecule has 0 atom stereocenters. The van der Waals surface area contributed by atoms with Crippen LogP contribution in [0, 0.1) is 0 Å². The molecular formula is C15H18ClN5O2. The Hall–Kier alpha value is -2.28. The van der Waals surface area contributed by atoms with Crippen molar-refractivity contribution in [3.8, 4) is 0 Å². The van der Waals surface area contributed by atoms with Crippen molar-refractivity contribution in [1.29, 1.82) is 0 Å². The Bertz CT molecular complexity index is 694. The zero-order chi connectivity index (χ0) is 16.4. The number of rotatable bonds is 5. The summed E-state index contributed by atoms with van der Waals surface area (Å²) in [6.07, 6.45) is 1.82. The number of hydrogen-bond acceptors (Lipinski definition) is 5. The number of halogens is 1. The Morgan fingerprint density at radius 1 is 1.35 bits per heavy atom. The van der Waals surface area contributed by atoms with Crippen molar-refractivity contribution in [1.82, 2.24) is 20.8 Å². The van der Waals surface area contributed by atoms with Crippen molar-refractivity contribution in [3.05, 3.63) is 40.7 Å². The van der Waals surface area contributed by atoms with Crippen molar-refractivity contribution >= 4 is 23.6 Å². The van der Waals surface area contributed by atoms with Crippen LogP contribution in [0.1, 0.15) is 24.3 Å². The maximum Gasteiger partial charge on any atom is 0.315 e. The number of carbonyl (C=O) groups excluding carboxylic acids is 1. The summed E-state index contributed by atoms with van der Waals surface area (Å²) >= 11 is 5.90. The van der Waals surface area contributed by atoms with Crippen LogP contribution < -0.4 is 15.5 Å². The second-order valence-electron chi connectivity index (χ2n) is 5.78. The van der Waals surface area contributed by atoms with Crippen LogP contribution in [0.2, 0.25) is 5.02 Å². The number of urea groups is 1. The minimum Gasteiger partial charge on any atom is -0.344 e. The molecule has 0 radical (unpaired) electrons. The molecule has 0 spiro atoms. The van der Waals surface area contributed by atoms with Crippen LogP contribution in [0.25, 0.3) is 0 Å². The minimum atomic E-state index is -0.293. The molecule has 1 aliphatic rings. The lowest BCUT2D eigenvalue weighted by atomic mass is 10.1. The molecule has 0 bridgehead atoms. The molecule has 1 aromatic heterocycles. The number of hydrogen-bond donors (Lipinski definition) is 2. The van der Waals surface area contributed by atoms with E-state index >= 15 is 0 Å². The highest BCUT2D eigenvalue weighted by Crippen LogP contribution is 2.45. The van der Waals surface area contributed by atoms with Crippen LogP contribution in [0.15, 0.2) is 28.8 Å². The summed E-state index contributed by atoms with van der Waals surface area (Å²) in [5, 5.41) is 10.2. The van der Waals surface area contributed by atoms with E-state index in [2.05, 4.69) is 20.8 Å². The Morgan fingerprint density at radius 2 is 2.04 bits per heavy atom.